The van der Waals surface area contributed by atoms with Crippen molar-refractivity contribution >= 4 is 39.9 Å². The van der Waals surface area contributed by atoms with Gasteiger partial charge in [-0.1, -0.05) is 41.9 Å². The van der Waals surface area contributed by atoms with E-state index in [-0.39, 0.29) is 12.5 Å². The summed E-state index contributed by atoms with van der Waals surface area (Å²) in [5.74, 6) is -1.56. The lowest BCUT2D eigenvalue weighted by molar-refractivity contribution is -0.231. The third-order valence-electron chi connectivity index (χ3n) is 5.32. The fourth-order valence-corrected chi connectivity index (χ4v) is 4.30. The summed E-state index contributed by atoms with van der Waals surface area (Å²) in [5.41, 5.74) is 0.876. The van der Waals surface area contributed by atoms with Crippen LogP contribution in [0, 0.1) is 0 Å². The number of benzene rings is 2. The molecule has 6 nitrogen and oxygen atoms in total. The van der Waals surface area contributed by atoms with E-state index in [2.05, 4.69) is 0 Å². The number of rotatable bonds is 6. The van der Waals surface area contributed by atoms with Gasteiger partial charge in [0.15, 0.2) is 12.1 Å². The van der Waals surface area contributed by atoms with Crippen LogP contribution in [0.5, 0.6) is 0 Å². The van der Waals surface area contributed by atoms with E-state index in [1.165, 1.54) is 0 Å². The number of hydrogen-bond donors (Lipinski definition) is 0. The van der Waals surface area contributed by atoms with E-state index in [0.29, 0.717) is 5.02 Å². The lowest BCUT2D eigenvalue weighted by atomic mass is 10.0. The van der Waals surface area contributed by atoms with Gasteiger partial charge in [-0.2, -0.15) is 0 Å². The summed E-state index contributed by atoms with van der Waals surface area (Å²) in [5, 5.41) is 2.71. The Morgan fingerprint density at radius 3 is 2.73 bits per heavy atom. The highest BCUT2D eigenvalue weighted by Crippen LogP contribution is 2.41. The average Bonchev–Trinajstić information content (AvgIpc) is 3.19. The normalized spacial score (nSPS) is 28.4. The maximum Gasteiger partial charge on any atom is 0.321 e. The minimum atomic E-state index is -0.797. The Bertz CT molecular complexity index is 933. The second kappa shape index (κ2) is 8.61. The molecule has 0 saturated carbocycles. The fourth-order valence-electron chi connectivity index (χ4n) is 4.01. The molecule has 162 valence electrons. The third-order valence-corrected chi connectivity index (χ3v) is 5.89. The average molecular weight is 455 g/mol. The van der Waals surface area contributed by atoms with Crippen LogP contribution < -0.4 is 0 Å². The second-order valence-electron chi connectivity index (χ2n) is 7.92. The highest BCUT2D eigenvalue weighted by molar-refractivity contribution is 6.32. The van der Waals surface area contributed by atoms with Crippen molar-refractivity contribution in [1.82, 2.24) is 0 Å². The molecule has 0 bridgehead atoms. The minimum absolute atomic E-state index is 0.235. The number of carbonyl (C=O) groups is 1. The van der Waals surface area contributed by atoms with Crippen LogP contribution in [0.4, 0.5) is 0 Å². The van der Waals surface area contributed by atoms with Crippen LogP contribution in [-0.4, -0.2) is 48.3 Å². The van der Waals surface area contributed by atoms with Gasteiger partial charge in [0.1, 0.15) is 30.3 Å². The van der Waals surface area contributed by atoms with E-state index in [1.807, 2.05) is 50.2 Å². The van der Waals surface area contributed by atoms with Crippen molar-refractivity contribution in [2.75, 3.05) is 5.88 Å². The van der Waals surface area contributed by atoms with Gasteiger partial charge < -0.3 is 23.7 Å². The number of alkyl halides is 1. The maximum atomic E-state index is 11.7. The highest BCUT2D eigenvalue weighted by Gasteiger charge is 2.57. The monoisotopic (exact) mass is 454 g/mol. The standard InChI is InChI=1S/C22H24Cl2O6/c1-12(27-17(25)10-23)18-19(20-21(28-18)30-22(2,3)29-20)26-11-15-14-7-5-4-6-13(14)8-9-16(15)24/h4-9,12,18-21H,10-11H2,1-3H3/t12-,18-,19+,20-,21-/m1/s1. The Morgan fingerprint density at radius 2 is 1.97 bits per heavy atom. The van der Waals surface area contributed by atoms with Crippen LogP contribution in [-0.2, 0) is 35.1 Å². The summed E-state index contributed by atoms with van der Waals surface area (Å²) in [4.78, 5) is 11.7. The smallest absolute Gasteiger partial charge is 0.321 e. The SMILES string of the molecule is C[C@@H](OC(=O)CCl)[C@H]1O[C@@H]2OC(C)(C)O[C@@H]2[C@H]1OCc1c(Cl)ccc2ccccc12. The van der Waals surface area contributed by atoms with Gasteiger partial charge in [-0.05, 0) is 37.6 Å². The van der Waals surface area contributed by atoms with Crippen LogP contribution in [0.25, 0.3) is 10.8 Å². The van der Waals surface area contributed by atoms with Crippen LogP contribution >= 0.6 is 23.2 Å². The van der Waals surface area contributed by atoms with Crippen molar-refractivity contribution in [1.29, 1.82) is 0 Å². The Morgan fingerprint density at radius 1 is 1.20 bits per heavy atom. The van der Waals surface area contributed by atoms with Gasteiger partial charge in [0.05, 0.1) is 6.61 Å². The summed E-state index contributed by atoms with van der Waals surface area (Å²) in [6.45, 7) is 5.62. The molecule has 0 unspecified atom stereocenters. The van der Waals surface area contributed by atoms with Gasteiger partial charge in [-0.3, -0.25) is 4.79 Å². The number of hydrogen-bond acceptors (Lipinski definition) is 6. The van der Waals surface area contributed by atoms with E-state index < -0.39 is 42.5 Å². The first kappa shape index (κ1) is 21.8. The second-order valence-corrected chi connectivity index (χ2v) is 8.60. The van der Waals surface area contributed by atoms with Gasteiger partial charge in [0, 0.05) is 10.6 Å². The molecule has 2 saturated heterocycles. The summed E-state index contributed by atoms with van der Waals surface area (Å²) < 4.78 is 29.6. The molecule has 2 aliphatic rings. The molecular formula is C22H24Cl2O6. The van der Waals surface area contributed by atoms with Crippen LogP contribution in [0.15, 0.2) is 36.4 Å². The molecule has 0 aliphatic carbocycles. The lowest BCUT2D eigenvalue weighted by Crippen LogP contribution is -2.43. The van der Waals surface area contributed by atoms with Gasteiger partial charge in [-0.25, -0.2) is 0 Å². The van der Waals surface area contributed by atoms with Crippen molar-refractivity contribution in [3.05, 3.63) is 47.0 Å². The quantitative estimate of drug-likeness (QED) is 0.475. The molecule has 2 heterocycles. The van der Waals surface area contributed by atoms with Crippen molar-refractivity contribution in [3.63, 3.8) is 0 Å². The molecular weight excluding hydrogens is 431 g/mol. The molecule has 0 spiro atoms. The predicted octanol–water partition coefficient (Wildman–Crippen LogP) is 4.43. The van der Waals surface area contributed by atoms with Gasteiger partial charge in [0.2, 0.25) is 0 Å². The third kappa shape index (κ3) is 4.31. The molecule has 0 aromatic heterocycles. The Kier molecular flexibility index (Phi) is 6.26. The lowest BCUT2D eigenvalue weighted by Gasteiger charge is -2.29. The largest absolute Gasteiger partial charge is 0.459 e. The highest BCUT2D eigenvalue weighted by atomic mass is 35.5. The first-order chi connectivity index (χ1) is 14.3. The minimum Gasteiger partial charge on any atom is -0.459 e. The van der Waals surface area contributed by atoms with E-state index in [9.17, 15) is 4.79 Å². The van der Waals surface area contributed by atoms with Crippen molar-refractivity contribution in [2.45, 2.75) is 63.9 Å². The summed E-state index contributed by atoms with van der Waals surface area (Å²) in [7, 11) is 0. The Labute approximate surface area is 185 Å². The number of fused-ring (bicyclic) bond motifs is 2. The van der Waals surface area contributed by atoms with Gasteiger partial charge in [-0.15, -0.1) is 11.6 Å². The van der Waals surface area contributed by atoms with Gasteiger partial charge in [0.25, 0.3) is 0 Å². The number of esters is 1. The maximum absolute atomic E-state index is 11.7. The Hall–Kier alpha value is -1.41. The zero-order valence-corrected chi connectivity index (χ0v) is 18.5. The van der Waals surface area contributed by atoms with Crippen molar-refractivity contribution < 1.29 is 28.5 Å². The first-order valence-corrected chi connectivity index (χ1v) is 10.7. The molecule has 30 heavy (non-hydrogen) atoms. The van der Waals surface area contributed by atoms with Crippen molar-refractivity contribution in [2.24, 2.45) is 0 Å². The topological polar surface area (TPSA) is 63.2 Å². The molecule has 4 rings (SSSR count). The number of ether oxygens (including phenoxy) is 5. The molecule has 0 amide bonds. The van der Waals surface area contributed by atoms with Gasteiger partial charge >= 0.3 is 5.97 Å². The number of carbonyl (C=O) groups excluding carboxylic acids is 1. The van der Waals surface area contributed by atoms with Crippen LogP contribution in [0.2, 0.25) is 5.02 Å². The first-order valence-electron chi connectivity index (χ1n) is 9.83. The fraction of sp³-hybridized carbons (Fsp3) is 0.500. The van der Waals surface area contributed by atoms with E-state index in [0.717, 1.165) is 16.3 Å². The molecule has 2 aliphatic heterocycles. The summed E-state index contributed by atoms with van der Waals surface area (Å²) in [6.07, 6.45) is -2.77. The van der Waals surface area contributed by atoms with Crippen LogP contribution in [0.3, 0.4) is 0 Å². The Balaban J connectivity index is 1.58. The molecule has 2 fully saturated rings. The molecule has 8 heteroatoms. The van der Waals surface area contributed by atoms with E-state index in [4.69, 9.17) is 46.9 Å². The van der Waals surface area contributed by atoms with E-state index in [1.54, 1.807) is 6.92 Å². The zero-order chi connectivity index (χ0) is 21.5. The predicted molar refractivity (Wildman–Crippen MR) is 113 cm³/mol. The summed E-state index contributed by atoms with van der Waals surface area (Å²) in [6, 6.07) is 11.8. The van der Waals surface area contributed by atoms with E-state index >= 15 is 0 Å². The zero-order valence-electron chi connectivity index (χ0n) is 17.0. The molecule has 2 aromatic rings. The molecule has 0 N–H and O–H groups in total. The van der Waals surface area contributed by atoms with Crippen LogP contribution in [0.1, 0.15) is 26.3 Å². The molecule has 0 radical (unpaired) electrons. The molecule has 2 aromatic carbocycles. The molecule has 5 atom stereocenters. The van der Waals surface area contributed by atoms with Crippen molar-refractivity contribution in [3.8, 4) is 0 Å². The summed E-state index contributed by atoms with van der Waals surface area (Å²) >= 11 is 12.1. The number of halogens is 2.